The molecule has 4 amide bonds. The average molecular weight is 374 g/mol. The van der Waals surface area contributed by atoms with Crippen LogP contribution in [0.2, 0.25) is 0 Å². The smallest absolute Gasteiger partial charge is 0.319 e. The number of hydrogen-bond acceptors (Lipinski definition) is 2. The first-order valence-corrected chi connectivity index (χ1v) is 8.97. The minimum absolute atomic E-state index is 0.267. The van der Waals surface area contributed by atoms with Crippen LogP contribution < -0.4 is 21.3 Å². The third kappa shape index (κ3) is 6.17. The van der Waals surface area contributed by atoms with Gasteiger partial charge in [-0.15, -0.1) is 0 Å². The van der Waals surface area contributed by atoms with Crippen LogP contribution in [0.5, 0.6) is 0 Å². The molecule has 0 saturated carbocycles. The third-order valence-corrected chi connectivity index (χ3v) is 3.96. The van der Waals surface area contributed by atoms with E-state index in [0.717, 1.165) is 22.5 Å². The van der Waals surface area contributed by atoms with E-state index in [0.29, 0.717) is 13.1 Å². The molecule has 0 spiro atoms. The fourth-order valence-corrected chi connectivity index (χ4v) is 2.61. The molecule has 3 aromatic rings. The predicted molar refractivity (Wildman–Crippen MR) is 111 cm³/mol. The first kappa shape index (κ1) is 19.0. The standard InChI is InChI=1S/C22H22N4O2/c27-21(25-19-10-3-1-4-11-19)23-15-17-8-7-9-18(14-17)16-24-22(28)26-20-12-5-2-6-13-20/h1-14H,15-16H2,(H2,23,25,27)(H2,24,26,28). The summed E-state index contributed by atoms with van der Waals surface area (Å²) < 4.78 is 0. The van der Waals surface area contributed by atoms with Crippen molar-refractivity contribution in [1.29, 1.82) is 0 Å². The van der Waals surface area contributed by atoms with E-state index < -0.39 is 0 Å². The molecule has 3 aromatic carbocycles. The molecule has 0 atom stereocenters. The van der Waals surface area contributed by atoms with E-state index in [-0.39, 0.29) is 12.1 Å². The number of urea groups is 2. The molecule has 0 saturated heterocycles. The van der Waals surface area contributed by atoms with E-state index in [1.54, 1.807) is 0 Å². The zero-order valence-electron chi connectivity index (χ0n) is 15.3. The quantitative estimate of drug-likeness (QED) is 0.518. The lowest BCUT2D eigenvalue weighted by Gasteiger charge is -2.10. The molecule has 0 unspecified atom stereocenters. The van der Waals surface area contributed by atoms with Gasteiger partial charge in [0.1, 0.15) is 0 Å². The highest BCUT2D eigenvalue weighted by Crippen LogP contribution is 2.08. The number of para-hydroxylation sites is 2. The van der Waals surface area contributed by atoms with Crippen molar-refractivity contribution < 1.29 is 9.59 Å². The SMILES string of the molecule is O=C(NCc1cccc(CNC(=O)Nc2ccccc2)c1)Nc1ccccc1. The summed E-state index contributed by atoms with van der Waals surface area (Å²) in [5, 5.41) is 11.2. The Labute approximate surface area is 164 Å². The van der Waals surface area contributed by atoms with E-state index >= 15 is 0 Å². The molecule has 142 valence electrons. The van der Waals surface area contributed by atoms with Gasteiger partial charge in [0.25, 0.3) is 0 Å². The van der Waals surface area contributed by atoms with Crippen molar-refractivity contribution >= 4 is 23.4 Å². The first-order valence-electron chi connectivity index (χ1n) is 8.97. The molecule has 28 heavy (non-hydrogen) atoms. The van der Waals surface area contributed by atoms with Gasteiger partial charge >= 0.3 is 12.1 Å². The van der Waals surface area contributed by atoms with Crippen LogP contribution in [0.25, 0.3) is 0 Å². The summed E-state index contributed by atoms with van der Waals surface area (Å²) in [6.07, 6.45) is 0. The van der Waals surface area contributed by atoms with Crippen LogP contribution in [0.15, 0.2) is 84.9 Å². The maximum absolute atomic E-state index is 12.0. The van der Waals surface area contributed by atoms with E-state index in [9.17, 15) is 9.59 Å². The third-order valence-electron chi connectivity index (χ3n) is 3.96. The molecule has 0 radical (unpaired) electrons. The Morgan fingerprint density at radius 1 is 0.571 bits per heavy atom. The number of rotatable bonds is 6. The largest absolute Gasteiger partial charge is 0.334 e. The second-order valence-electron chi connectivity index (χ2n) is 6.17. The summed E-state index contributed by atoms with van der Waals surface area (Å²) >= 11 is 0. The lowest BCUT2D eigenvalue weighted by Crippen LogP contribution is -2.29. The Morgan fingerprint density at radius 2 is 1.00 bits per heavy atom. The lowest BCUT2D eigenvalue weighted by molar-refractivity contribution is 0.251. The molecule has 4 N–H and O–H groups in total. The van der Waals surface area contributed by atoms with Gasteiger partial charge < -0.3 is 21.3 Å². The summed E-state index contributed by atoms with van der Waals surface area (Å²) in [6.45, 7) is 0.783. The molecule has 0 fully saturated rings. The Morgan fingerprint density at radius 3 is 1.43 bits per heavy atom. The van der Waals surface area contributed by atoms with Crippen LogP contribution in [-0.4, -0.2) is 12.1 Å². The van der Waals surface area contributed by atoms with Crippen molar-refractivity contribution in [1.82, 2.24) is 10.6 Å². The molecule has 6 nitrogen and oxygen atoms in total. The molecule has 6 heteroatoms. The molecular formula is C22H22N4O2. The normalized spacial score (nSPS) is 10.0. The fourth-order valence-electron chi connectivity index (χ4n) is 2.61. The van der Waals surface area contributed by atoms with Crippen LogP contribution >= 0.6 is 0 Å². The van der Waals surface area contributed by atoms with Crippen LogP contribution in [0.4, 0.5) is 21.0 Å². The number of nitrogens with one attached hydrogen (secondary N) is 4. The summed E-state index contributed by atoms with van der Waals surface area (Å²) in [5.41, 5.74) is 3.38. The Bertz CT molecular complexity index is 841. The van der Waals surface area contributed by atoms with E-state index in [2.05, 4.69) is 21.3 Å². The molecule has 0 bridgehead atoms. The van der Waals surface area contributed by atoms with Gasteiger partial charge in [0.15, 0.2) is 0 Å². The van der Waals surface area contributed by atoms with E-state index in [1.165, 1.54) is 0 Å². The summed E-state index contributed by atoms with van der Waals surface area (Å²) in [5.74, 6) is 0. The fraction of sp³-hybridized carbons (Fsp3) is 0.0909. The van der Waals surface area contributed by atoms with Crippen LogP contribution in [-0.2, 0) is 13.1 Å². The van der Waals surface area contributed by atoms with Crippen molar-refractivity contribution in [2.45, 2.75) is 13.1 Å². The number of carbonyl (C=O) groups is 2. The maximum atomic E-state index is 12.0. The second kappa shape index (κ2) is 9.78. The highest BCUT2D eigenvalue weighted by molar-refractivity contribution is 5.89. The Hall–Kier alpha value is -3.80. The van der Waals surface area contributed by atoms with Gasteiger partial charge in [0.2, 0.25) is 0 Å². The van der Waals surface area contributed by atoms with Gasteiger partial charge in [-0.25, -0.2) is 9.59 Å². The first-order chi connectivity index (χ1) is 13.7. The van der Waals surface area contributed by atoms with Crippen LogP contribution in [0.3, 0.4) is 0 Å². The van der Waals surface area contributed by atoms with Gasteiger partial charge in [-0.1, -0.05) is 60.7 Å². The van der Waals surface area contributed by atoms with Crippen molar-refractivity contribution in [3.05, 3.63) is 96.1 Å². The van der Waals surface area contributed by atoms with Crippen molar-refractivity contribution in [2.24, 2.45) is 0 Å². The minimum Gasteiger partial charge on any atom is -0.334 e. The van der Waals surface area contributed by atoms with Crippen molar-refractivity contribution in [3.63, 3.8) is 0 Å². The number of hydrogen-bond donors (Lipinski definition) is 4. The average Bonchev–Trinajstić information content (AvgIpc) is 2.73. The zero-order chi connectivity index (χ0) is 19.6. The van der Waals surface area contributed by atoms with Crippen molar-refractivity contribution in [3.8, 4) is 0 Å². The maximum Gasteiger partial charge on any atom is 0.319 e. The van der Waals surface area contributed by atoms with Gasteiger partial charge in [-0.05, 0) is 35.4 Å². The number of carbonyl (C=O) groups excluding carboxylic acids is 2. The highest BCUT2D eigenvalue weighted by atomic mass is 16.2. The summed E-state index contributed by atoms with van der Waals surface area (Å²) in [4.78, 5) is 23.9. The monoisotopic (exact) mass is 374 g/mol. The molecule has 3 rings (SSSR count). The molecule has 0 heterocycles. The van der Waals surface area contributed by atoms with Crippen molar-refractivity contribution in [2.75, 3.05) is 10.6 Å². The zero-order valence-corrected chi connectivity index (χ0v) is 15.3. The van der Waals surface area contributed by atoms with Gasteiger partial charge in [0.05, 0.1) is 0 Å². The van der Waals surface area contributed by atoms with Crippen LogP contribution in [0, 0.1) is 0 Å². The van der Waals surface area contributed by atoms with Crippen LogP contribution in [0.1, 0.15) is 11.1 Å². The summed E-state index contributed by atoms with van der Waals surface area (Å²) in [6, 6.07) is 25.7. The van der Waals surface area contributed by atoms with E-state index in [4.69, 9.17) is 0 Å². The van der Waals surface area contributed by atoms with Gasteiger partial charge in [-0.2, -0.15) is 0 Å². The Balaban J connectivity index is 1.45. The number of benzene rings is 3. The minimum atomic E-state index is -0.267. The molecule has 0 aromatic heterocycles. The molecule has 0 aliphatic heterocycles. The Kier molecular flexibility index (Phi) is 6.62. The summed E-state index contributed by atoms with van der Waals surface area (Å²) in [7, 11) is 0. The predicted octanol–water partition coefficient (Wildman–Crippen LogP) is 4.33. The highest BCUT2D eigenvalue weighted by Gasteiger charge is 2.04. The molecule has 0 aliphatic carbocycles. The number of amides is 4. The topological polar surface area (TPSA) is 82.3 Å². The number of anilines is 2. The van der Waals surface area contributed by atoms with Gasteiger partial charge in [0, 0.05) is 24.5 Å². The van der Waals surface area contributed by atoms with E-state index in [1.807, 2.05) is 84.9 Å². The molecule has 0 aliphatic rings. The molecular weight excluding hydrogens is 352 g/mol. The van der Waals surface area contributed by atoms with Gasteiger partial charge in [-0.3, -0.25) is 0 Å². The lowest BCUT2D eigenvalue weighted by atomic mass is 10.1. The second-order valence-corrected chi connectivity index (χ2v) is 6.17.